The van der Waals surface area contributed by atoms with E-state index in [0.29, 0.717) is 11.6 Å². The Morgan fingerprint density at radius 1 is 1.00 bits per heavy atom. The number of aromatic nitrogens is 2. The number of halogens is 1. The van der Waals surface area contributed by atoms with Gasteiger partial charge in [-0.1, -0.05) is 80.8 Å². The maximum absolute atomic E-state index is 13.5. The molecule has 0 atom stereocenters. The highest BCUT2D eigenvalue weighted by molar-refractivity contribution is 6.32. The Labute approximate surface area is 178 Å². The molecule has 0 unspecified atom stereocenters. The van der Waals surface area contributed by atoms with Crippen LogP contribution in [0.1, 0.15) is 54.0 Å². The third-order valence-electron chi connectivity index (χ3n) is 4.93. The van der Waals surface area contributed by atoms with E-state index < -0.39 is 0 Å². The van der Waals surface area contributed by atoms with E-state index >= 15 is 0 Å². The van der Waals surface area contributed by atoms with E-state index in [4.69, 9.17) is 16.7 Å². The molecule has 3 rings (SSSR count). The number of aryl methyl sites for hydroxylation is 1. The molecular weight excluding hydrogens is 382 g/mol. The maximum atomic E-state index is 13.5. The van der Waals surface area contributed by atoms with Gasteiger partial charge in [0.25, 0.3) is 5.91 Å². The van der Waals surface area contributed by atoms with E-state index in [-0.39, 0.29) is 5.91 Å². The van der Waals surface area contributed by atoms with Crippen molar-refractivity contribution in [2.75, 3.05) is 7.05 Å². The van der Waals surface area contributed by atoms with Gasteiger partial charge in [0.05, 0.1) is 27.7 Å². The van der Waals surface area contributed by atoms with Gasteiger partial charge in [-0.3, -0.25) is 4.79 Å². The molecule has 0 saturated carbocycles. The molecule has 1 amide bonds. The molecule has 0 radical (unpaired) electrons. The van der Waals surface area contributed by atoms with E-state index in [9.17, 15) is 4.79 Å². The number of rotatable bonds is 8. The van der Waals surface area contributed by atoms with Gasteiger partial charge in [-0.2, -0.15) is 5.10 Å². The quantitative estimate of drug-likeness (QED) is 0.478. The molecule has 0 spiro atoms. The molecule has 0 saturated heterocycles. The number of carbonyl (C=O) groups is 1. The minimum atomic E-state index is 0.0130. The van der Waals surface area contributed by atoms with Crippen molar-refractivity contribution < 1.29 is 4.79 Å². The number of carbonyl (C=O) groups excluding carboxylic acids is 1. The summed E-state index contributed by atoms with van der Waals surface area (Å²) in [5.74, 6) is 0.0130. The fourth-order valence-corrected chi connectivity index (χ4v) is 3.79. The van der Waals surface area contributed by atoms with Crippen molar-refractivity contribution in [3.63, 3.8) is 0 Å². The zero-order valence-electron chi connectivity index (χ0n) is 17.4. The molecule has 2 aromatic carbocycles. The lowest BCUT2D eigenvalue weighted by Crippen LogP contribution is -2.28. The number of hydrogen-bond acceptors (Lipinski definition) is 2. The summed E-state index contributed by atoms with van der Waals surface area (Å²) in [5, 5.41) is 5.48. The van der Waals surface area contributed by atoms with E-state index in [1.54, 1.807) is 4.90 Å². The van der Waals surface area contributed by atoms with Crippen LogP contribution in [0, 0.1) is 0 Å². The van der Waals surface area contributed by atoms with Crippen molar-refractivity contribution in [3.8, 4) is 5.69 Å². The Morgan fingerprint density at radius 3 is 2.31 bits per heavy atom. The monoisotopic (exact) mass is 409 g/mol. The van der Waals surface area contributed by atoms with E-state index in [0.717, 1.165) is 53.9 Å². The molecular formula is C24H28ClN3O. The fourth-order valence-electron chi connectivity index (χ4n) is 3.57. The first kappa shape index (κ1) is 21.1. The second kappa shape index (κ2) is 9.75. The summed E-state index contributed by atoms with van der Waals surface area (Å²) in [5.41, 5.74) is 4.44. The SMILES string of the molecule is CCCc1nn(-c2ccccc2Cl)c(CCC)c1C(=O)N(C)Cc1ccccc1. The van der Waals surface area contributed by atoms with Crippen LogP contribution in [0.2, 0.25) is 5.02 Å². The number of para-hydroxylation sites is 1. The summed E-state index contributed by atoms with van der Waals surface area (Å²) < 4.78 is 1.88. The topological polar surface area (TPSA) is 38.1 Å². The van der Waals surface area contributed by atoms with E-state index in [2.05, 4.69) is 13.8 Å². The Bertz CT molecular complexity index is 966. The highest BCUT2D eigenvalue weighted by Crippen LogP contribution is 2.27. The lowest BCUT2D eigenvalue weighted by molar-refractivity contribution is 0.0783. The first-order valence-electron chi connectivity index (χ1n) is 10.2. The predicted molar refractivity (Wildman–Crippen MR) is 119 cm³/mol. The first-order valence-corrected chi connectivity index (χ1v) is 10.6. The summed E-state index contributed by atoms with van der Waals surface area (Å²) in [6.45, 7) is 4.79. The smallest absolute Gasteiger partial charge is 0.257 e. The molecule has 5 heteroatoms. The molecule has 0 bridgehead atoms. The standard InChI is InChI=1S/C24H28ClN3O/c1-4-11-20-23(24(29)27(3)17-18-13-7-6-8-14-18)22(12-5-2)28(26-20)21-16-10-9-15-19(21)25/h6-10,13-16H,4-5,11-12,17H2,1-3H3. The number of benzene rings is 2. The molecule has 0 aliphatic heterocycles. The van der Waals surface area contributed by atoms with Gasteiger partial charge in [0.2, 0.25) is 0 Å². The Balaban J connectivity index is 2.06. The molecule has 0 N–H and O–H groups in total. The lowest BCUT2D eigenvalue weighted by atomic mass is 10.0. The molecule has 29 heavy (non-hydrogen) atoms. The maximum Gasteiger partial charge on any atom is 0.257 e. The second-order valence-electron chi connectivity index (χ2n) is 7.28. The summed E-state index contributed by atoms with van der Waals surface area (Å²) in [7, 11) is 1.85. The number of amides is 1. The summed E-state index contributed by atoms with van der Waals surface area (Å²) in [6.07, 6.45) is 3.37. The average molecular weight is 410 g/mol. The van der Waals surface area contributed by atoms with Gasteiger partial charge in [-0.05, 0) is 30.5 Å². The normalized spacial score (nSPS) is 10.9. The molecule has 152 valence electrons. The van der Waals surface area contributed by atoms with Gasteiger partial charge in [-0.25, -0.2) is 4.68 Å². The summed E-state index contributed by atoms with van der Waals surface area (Å²) >= 11 is 6.46. The van der Waals surface area contributed by atoms with Crippen LogP contribution < -0.4 is 0 Å². The van der Waals surface area contributed by atoms with Crippen molar-refractivity contribution >= 4 is 17.5 Å². The van der Waals surface area contributed by atoms with Crippen molar-refractivity contribution in [2.24, 2.45) is 0 Å². The summed E-state index contributed by atoms with van der Waals surface area (Å²) in [6, 6.07) is 17.7. The summed E-state index contributed by atoms with van der Waals surface area (Å²) in [4.78, 5) is 15.3. The molecule has 1 aromatic heterocycles. The Hall–Kier alpha value is -2.59. The average Bonchev–Trinajstić information content (AvgIpc) is 3.07. The largest absolute Gasteiger partial charge is 0.337 e. The van der Waals surface area contributed by atoms with Gasteiger partial charge in [0.1, 0.15) is 0 Å². The van der Waals surface area contributed by atoms with Gasteiger partial charge in [-0.15, -0.1) is 0 Å². The van der Waals surface area contributed by atoms with Crippen LogP contribution in [-0.4, -0.2) is 27.6 Å². The van der Waals surface area contributed by atoms with Crippen LogP contribution in [0.25, 0.3) is 5.69 Å². The van der Waals surface area contributed by atoms with E-state index in [1.807, 2.05) is 66.3 Å². The molecule has 4 nitrogen and oxygen atoms in total. The van der Waals surface area contributed by atoms with Crippen LogP contribution in [0.5, 0.6) is 0 Å². The van der Waals surface area contributed by atoms with Crippen LogP contribution in [-0.2, 0) is 19.4 Å². The number of hydrogen-bond donors (Lipinski definition) is 0. The van der Waals surface area contributed by atoms with Crippen molar-refractivity contribution in [2.45, 2.75) is 46.1 Å². The van der Waals surface area contributed by atoms with Gasteiger partial charge in [0.15, 0.2) is 0 Å². The fraction of sp³-hybridized carbons (Fsp3) is 0.333. The van der Waals surface area contributed by atoms with Crippen molar-refractivity contribution in [1.82, 2.24) is 14.7 Å². The van der Waals surface area contributed by atoms with Crippen LogP contribution in [0.3, 0.4) is 0 Å². The molecule has 0 aliphatic rings. The molecule has 0 fully saturated rings. The third-order valence-corrected chi connectivity index (χ3v) is 5.25. The predicted octanol–water partition coefficient (Wildman–Crippen LogP) is 5.70. The molecule has 1 heterocycles. The minimum Gasteiger partial charge on any atom is -0.337 e. The van der Waals surface area contributed by atoms with Gasteiger partial charge < -0.3 is 4.90 Å². The third kappa shape index (κ3) is 4.70. The van der Waals surface area contributed by atoms with E-state index in [1.165, 1.54) is 0 Å². The zero-order valence-corrected chi connectivity index (χ0v) is 18.1. The van der Waals surface area contributed by atoms with Crippen molar-refractivity contribution in [3.05, 3.63) is 82.1 Å². The highest BCUT2D eigenvalue weighted by Gasteiger charge is 2.26. The molecule has 0 aliphatic carbocycles. The first-order chi connectivity index (χ1) is 14.1. The lowest BCUT2D eigenvalue weighted by Gasteiger charge is -2.19. The second-order valence-corrected chi connectivity index (χ2v) is 7.69. The zero-order chi connectivity index (χ0) is 20.8. The van der Waals surface area contributed by atoms with Gasteiger partial charge in [0, 0.05) is 13.6 Å². The number of nitrogens with zero attached hydrogens (tertiary/aromatic N) is 3. The van der Waals surface area contributed by atoms with Gasteiger partial charge >= 0.3 is 0 Å². The van der Waals surface area contributed by atoms with Crippen LogP contribution >= 0.6 is 11.6 Å². The highest BCUT2D eigenvalue weighted by atomic mass is 35.5. The Kier molecular flexibility index (Phi) is 7.10. The minimum absolute atomic E-state index is 0.0130. The Morgan fingerprint density at radius 2 is 1.66 bits per heavy atom. The van der Waals surface area contributed by atoms with Crippen LogP contribution in [0.4, 0.5) is 0 Å². The van der Waals surface area contributed by atoms with Crippen LogP contribution in [0.15, 0.2) is 54.6 Å². The molecule has 3 aromatic rings. The van der Waals surface area contributed by atoms with Crippen molar-refractivity contribution in [1.29, 1.82) is 0 Å².